The van der Waals surface area contributed by atoms with Gasteiger partial charge in [-0.25, -0.2) is 0 Å². The van der Waals surface area contributed by atoms with Gasteiger partial charge in [0.15, 0.2) is 11.7 Å². The number of hydrogen-bond acceptors (Lipinski definition) is 4. The maximum absolute atomic E-state index is 6.01. The second-order valence-electron chi connectivity index (χ2n) is 5.65. The average molecular weight is 309 g/mol. The number of ether oxygens (including phenoxy) is 2. The maximum Gasteiger partial charge on any atom is 0.188 e. The summed E-state index contributed by atoms with van der Waals surface area (Å²) in [5, 5.41) is 5.23. The first-order valence-electron chi connectivity index (χ1n) is 7.64. The van der Waals surface area contributed by atoms with E-state index in [1.54, 1.807) is 11.3 Å². The zero-order chi connectivity index (χ0) is 14.5. The number of guanidine groups is 1. The Morgan fingerprint density at radius 1 is 1.48 bits per heavy atom. The molecular formula is C15H23N3O2S. The first kappa shape index (κ1) is 14.8. The van der Waals surface area contributed by atoms with Crippen molar-refractivity contribution in [2.24, 2.45) is 10.7 Å². The topological polar surface area (TPSA) is 68.9 Å². The normalized spacial score (nSPS) is 24.8. The van der Waals surface area contributed by atoms with Crippen LogP contribution in [0, 0.1) is 0 Å². The highest BCUT2D eigenvalue weighted by Crippen LogP contribution is 2.39. The summed E-state index contributed by atoms with van der Waals surface area (Å²) >= 11 is 1.76. The number of nitrogens with two attached hydrogens (primary N) is 1. The summed E-state index contributed by atoms with van der Waals surface area (Å²) in [4.78, 5) is 5.71. The molecule has 2 heterocycles. The first-order chi connectivity index (χ1) is 10.3. The molecule has 2 fully saturated rings. The van der Waals surface area contributed by atoms with Gasteiger partial charge in [-0.2, -0.15) is 0 Å². The Balaban J connectivity index is 1.37. The fourth-order valence-corrected chi connectivity index (χ4v) is 3.62. The van der Waals surface area contributed by atoms with Crippen molar-refractivity contribution in [2.45, 2.75) is 44.0 Å². The molecule has 1 saturated carbocycles. The van der Waals surface area contributed by atoms with Crippen LogP contribution in [0.2, 0.25) is 0 Å². The van der Waals surface area contributed by atoms with Crippen LogP contribution in [-0.2, 0) is 15.9 Å². The van der Waals surface area contributed by atoms with Crippen molar-refractivity contribution in [3.8, 4) is 0 Å². The van der Waals surface area contributed by atoms with Crippen LogP contribution in [0.25, 0.3) is 0 Å². The number of hydrogen-bond donors (Lipinski definition) is 2. The molecule has 0 aromatic carbocycles. The molecule has 116 valence electrons. The fourth-order valence-electron chi connectivity index (χ4n) is 2.91. The smallest absolute Gasteiger partial charge is 0.188 e. The second-order valence-corrected chi connectivity index (χ2v) is 6.68. The van der Waals surface area contributed by atoms with Gasteiger partial charge in [-0.05, 0) is 30.7 Å². The third-order valence-corrected chi connectivity index (χ3v) is 4.94. The molecule has 1 aromatic heterocycles. The molecule has 1 unspecified atom stereocenters. The molecular weight excluding hydrogens is 286 g/mol. The van der Waals surface area contributed by atoms with Crippen molar-refractivity contribution >= 4 is 17.3 Å². The standard InChI is InChI=1S/C15H23N3O2S/c16-14(17-8-5-13-4-3-9-21-13)18-10-12-11-19-15(20-12)6-1-2-7-15/h3-4,9,12H,1-2,5-8,10-11H2,(H3,16,17,18). The summed E-state index contributed by atoms with van der Waals surface area (Å²) in [6.07, 6.45) is 5.44. The van der Waals surface area contributed by atoms with Gasteiger partial charge in [0.25, 0.3) is 0 Å². The monoisotopic (exact) mass is 309 g/mol. The maximum atomic E-state index is 6.01. The number of nitrogens with zero attached hydrogens (tertiary/aromatic N) is 1. The summed E-state index contributed by atoms with van der Waals surface area (Å²) in [5.41, 5.74) is 5.88. The van der Waals surface area contributed by atoms with Crippen LogP contribution >= 0.6 is 11.3 Å². The molecule has 3 rings (SSSR count). The molecule has 1 aliphatic heterocycles. The van der Waals surface area contributed by atoms with Gasteiger partial charge in [0.2, 0.25) is 0 Å². The quantitative estimate of drug-likeness (QED) is 0.644. The molecule has 0 radical (unpaired) electrons. The van der Waals surface area contributed by atoms with E-state index in [1.807, 2.05) is 0 Å². The van der Waals surface area contributed by atoms with E-state index in [0.717, 1.165) is 25.8 Å². The predicted molar refractivity (Wildman–Crippen MR) is 84.5 cm³/mol. The molecule has 1 aliphatic carbocycles. The second kappa shape index (κ2) is 6.77. The Morgan fingerprint density at radius 3 is 3.10 bits per heavy atom. The largest absolute Gasteiger partial charge is 0.370 e. The van der Waals surface area contributed by atoms with Crippen molar-refractivity contribution in [1.29, 1.82) is 0 Å². The Kier molecular flexibility index (Phi) is 4.77. The molecule has 3 N–H and O–H groups in total. The van der Waals surface area contributed by atoms with Crippen LogP contribution in [0.15, 0.2) is 22.5 Å². The molecule has 21 heavy (non-hydrogen) atoms. The minimum Gasteiger partial charge on any atom is -0.370 e. The van der Waals surface area contributed by atoms with Crippen molar-refractivity contribution in [2.75, 3.05) is 19.7 Å². The molecule has 1 atom stereocenters. The Bertz CT molecular complexity index is 469. The van der Waals surface area contributed by atoms with Crippen LogP contribution in [0.1, 0.15) is 30.6 Å². The van der Waals surface area contributed by atoms with Gasteiger partial charge in [-0.1, -0.05) is 6.07 Å². The number of rotatable bonds is 5. The van der Waals surface area contributed by atoms with E-state index in [-0.39, 0.29) is 11.9 Å². The molecule has 1 spiro atoms. The average Bonchev–Trinajstić information content (AvgIpc) is 3.21. The zero-order valence-corrected chi connectivity index (χ0v) is 13.0. The van der Waals surface area contributed by atoms with Crippen molar-refractivity contribution in [1.82, 2.24) is 5.32 Å². The van der Waals surface area contributed by atoms with Crippen LogP contribution in [0.3, 0.4) is 0 Å². The van der Waals surface area contributed by atoms with E-state index in [0.29, 0.717) is 19.1 Å². The molecule has 0 amide bonds. The highest BCUT2D eigenvalue weighted by molar-refractivity contribution is 7.09. The van der Waals surface area contributed by atoms with Crippen LogP contribution in [0.5, 0.6) is 0 Å². The van der Waals surface area contributed by atoms with Crippen molar-refractivity contribution in [3.63, 3.8) is 0 Å². The molecule has 5 nitrogen and oxygen atoms in total. The van der Waals surface area contributed by atoms with Crippen molar-refractivity contribution in [3.05, 3.63) is 22.4 Å². The lowest BCUT2D eigenvalue weighted by molar-refractivity contribution is -0.160. The lowest BCUT2D eigenvalue weighted by Gasteiger charge is -2.21. The van der Waals surface area contributed by atoms with Crippen LogP contribution in [0.4, 0.5) is 0 Å². The summed E-state index contributed by atoms with van der Waals surface area (Å²) in [6, 6.07) is 4.19. The van der Waals surface area contributed by atoms with Crippen LogP contribution < -0.4 is 11.1 Å². The molecule has 0 bridgehead atoms. The molecule has 1 aromatic rings. The van der Waals surface area contributed by atoms with Gasteiger partial charge in [0.05, 0.1) is 13.2 Å². The summed E-state index contributed by atoms with van der Waals surface area (Å²) in [7, 11) is 0. The van der Waals surface area contributed by atoms with E-state index >= 15 is 0 Å². The summed E-state index contributed by atoms with van der Waals surface area (Å²) in [6.45, 7) is 2.01. The molecule has 2 aliphatic rings. The van der Waals surface area contributed by atoms with E-state index < -0.39 is 0 Å². The van der Waals surface area contributed by atoms with E-state index in [2.05, 4.69) is 27.8 Å². The summed E-state index contributed by atoms with van der Waals surface area (Å²) < 4.78 is 11.8. The third kappa shape index (κ3) is 3.96. The SMILES string of the molecule is NC(=NCC1COC2(CCCC2)O1)NCCc1cccs1. The first-order valence-corrected chi connectivity index (χ1v) is 8.52. The molecule has 6 heteroatoms. The Hall–Kier alpha value is -1.11. The van der Waals surface area contributed by atoms with Gasteiger partial charge in [0, 0.05) is 24.3 Å². The summed E-state index contributed by atoms with van der Waals surface area (Å²) in [5.74, 6) is 0.184. The van der Waals surface area contributed by atoms with Gasteiger partial charge in [-0.3, -0.25) is 4.99 Å². The van der Waals surface area contributed by atoms with E-state index in [1.165, 1.54) is 17.7 Å². The zero-order valence-electron chi connectivity index (χ0n) is 12.2. The number of nitrogens with one attached hydrogen (secondary N) is 1. The predicted octanol–water partition coefficient (Wildman–Crippen LogP) is 1.88. The van der Waals surface area contributed by atoms with E-state index in [4.69, 9.17) is 15.2 Å². The fraction of sp³-hybridized carbons (Fsp3) is 0.667. The third-order valence-electron chi connectivity index (χ3n) is 4.00. The Labute approximate surface area is 129 Å². The van der Waals surface area contributed by atoms with Gasteiger partial charge in [-0.15, -0.1) is 11.3 Å². The van der Waals surface area contributed by atoms with Gasteiger partial charge < -0.3 is 20.5 Å². The number of thiophene rings is 1. The Morgan fingerprint density at radius 2 is 2.33 bits per heavy atom. The lowest BCUT2D eigenvalue weighted by atomic mass is 10.2. The highest BCUT2D eigenvalue weighted by Gasteiger charge is 2.43. The van der Waals surface area contributed by atoms with E-state index in [9.17, 15) is 0 Å². The minimum absolute atomic E-state index is 0.0424. The van der Waals surface area contributed by atoms with Crippen LogP contribution in [-0.4, -0.2) is 37.5 Å². The minimum atomic E-state index is -0.304. The lowest BCUT2D eigenvalue weighted by Crippen LogP contribution is -2.34. The van der Waals surface area contributed by atoms with Gasteiger partial charge in [0.1, 0.15) is 6.10 Å². The number of aliphatic imine (C=N–C) groups is 1. The highest BCUT2D eigenvalue weighted by atomic mass is 32.1. The molecule has 1 saturated heterocycles. The van der Waals surface area contributed by atoms with Crippen molar-refractivity contribution < 1.29 is 9.47 Å². The van der Waals surface area contributed by atoms with Gasteiger partial charge >= 0.3 is 0 Å².